The number of carbonyl (C=O) groups is 1. The highest BCUT2D eigenvalue weighted by atomic mass is 35.5. The van der Waals surface area contributed by atoms with Gasteiger partial charge in [-0.05, 0) is 6.07 Å². The van der Waals surface area contributed by atoms with Crippen molar-refractivity contribution >= 4 is 46.4 Å². The van der Waals surface area contributed by atoms with Crippen LogP contribution in [0.1, 0.15) is 11.7 Å². The molecule has 1 atom stereocenters. The molecule has 1 aliphatic heterocycles. The van der Waals surface area contributed by atoms with Crippen molar-refractivity contribution in [3.8, 4) is 0 Å². The van der Waals surface area contributed by atoms with Crippen molar-refractivity contribution in [2.24, 2.45) is 0 Å². The van der Waals surface area contributed by atoms with Gasteiger partial charge in [0.2, 0.25) is 0 Å². The number of aliphatic hydroxyl groups is 1. The molecular formula is C8H4Cl3NO2. The van der Waals surface area contributed by atoms with E-state index >= 15 is 0 Å². The predicted octanol–water partition coefficient (Wildman–Crippen LogP) is 2.63. The summed E-state index contributed by atoms with van der Waals surface area (Å²) >= 11 is 17.4. The summed E-state index contributed by atoms with van der Waals surface area (Å²) in [5.74, 6) is -0.550. The van der Waals surface area contributed by atoms with Crippen LogP contribution >= 0.6 is 34.8 Å². The number of hydrogen-bond acceptors (Lipinski definition) is 2. The number of aliphatic hydroxyl groups excluding tert-OH is 1. The van der Waals surface area contributed by atoms with Gasteiger partial charge in [0.05, 0.1) is 20.8 Å². The van der Waals surface area contributed by atoms with Crippen LogP contribution in [0.25, 0.3) is 0 Å². The van der Waals surface area contributed by atoms with E-state index in [0.717, 1.165) is 0 Å². The van der Waals surface area contributed by atoms with Crippen LogP contribution in [0.4, 0.5) is 5.69 Å². The summed E-state index contributed by atoms with van der Waals surface area (Å²) in [6.07, 6.45) is -1.30. The van der Waals surface area contributed by atoms with E-state index in [1.165, 1.54) is 6.07 Å². The topological polar surface area (TPSA) is 49.3 Å². The van der Waals surface area contributed by atoms with E-state index < -0.39 is 12.0 Å². The zero-order chi connectivity index (χ0) is 10.5. The third kappa shape index (κ3) is 1.28. The molecule has 0 saturated carbocycles. The lowest BCUT2D eigenvalue weighted by atomic mass is 10.1. The number of fused-ring (bicyclic) bond motifs is 1. The van der Waals surface area contributed by atoms with Crippen LogP contribution in [0.3, 0.4) is 0 Å². The van der Waals surface area contributed by atoms with Gasteiger partial charge in [-0.3, -0.25) is 4.79 Å². The average Bonchev–Trinajstić information content (AvgIpc) is 2.41. The molecule has 74 valence electrons. The van der Waals surface area contributed by atoms with Gasteiger partial charge < -0.3 is 10.4 Å². The number of anilines is 1. The molecule has 14 heavy (non-hydrogen) atoms. The molecule has 0 fully saturated rings. The van der Waals surface area contributed by atoms with Gasteiger partial charge in [0.25, 0.3) is 5.91 Å². The van der Waals surface area contributed by atoms with E-state index in [4.69, 9.17) is 34.8 Å². The Bertz CT molecular complexity index is 433. The fourth-order valence-corrected chi connectivity index (χ4v) is 2.10. The van der Waals surface area contributed by atoms with Crippen molar-refractivity contribution in [3.05, 3.63) is 26.7 Å². The molecule has 6 heteroatoms. The average molecular weight is 252 g/mol. The molecule has 2 N–H and O–H groups in total. The molecule has 0 bridgehead atoms. The van der Waals surface area contributed by atoms with Gasteiger partial charge in [-0.25, -0.2) is 0 Å². The quantitative estimate of drug-likeness (QED) is 0.697. The lowest BCUT2D eigenvalue weighted by Gasteiger charge is -2.06. The second-order valence-electron chi connectivity index (χ2n) is 2.83. The summed E-state index contributed by atoms with van der Waals surface area (Å²) in [6.45, 7) is 0. The normalized spacial score (nSPS) is 19.4. The molecule has 1 aliphatic rings. The molecule has 2 rings (SSSR count). The summed E-state index contributed by atoms with van der Waals surface area (Å²) in [4.78, 5) is 11.1. The fourth-order valence-electron chi connectivity index (χ4n) is 1.32. The van der Waals surface area contributed by atoms with E-state index in [0.29, 0.717) is 5.69 Å². The molecule has 1 amide bonds. The maximum Gasteiger partial charge on any atom is 0.258 e. The summed E-state index contributed by atoms with van der Waals surface area (Å²) < 4.78 is 0. The zero-order valence-electron chi connectivity index (χ0n) is 6.64. The minimum Gasteiger partial charge on any atom is -0.378 e. The molecule has 1 unspecified atom stereocenters. The Morgan fingerprint density at radius 3 is 2.57 bits per heavy atom. The van der Waals surface area contributed by atoms with Crippen molar-refractivity contribution in [1.29, 1.82) is 0 Å². The van der Waals surface area contributed by atoms with Crippen LogP contribution in [-0.4, -0.2) is 11.0 Å². The monoisotopic (exact) mass is 251 g/mol. The number of benzene rings is 1. The van der Waals surface area contributed by atoms with E-state index in [1.807, 2.05) is 0 Å². The predicted molar refractivity (Wildman–Crippen MR) is 55.1 cm³/mol. The summed E-state index contributed by atoms with van der Waals surface area (Å²) in [5.41, 5.74) is 0.577. The standard InChI is InChI=1S/C8H4Cl3NO2/c9-2-1-3(10)6-4(5(2)11)7(13)8(14)12-6/h1,7,13H,(H,12,14). The molecule has 1 aromatic rings. The van der Waals surface area contributed by atoms with E-state index in [-0.39, 0.29) is 20.6 Å². The van der Waals surface area contributed by atoms with Gasteiger partial charge in [0.1, 0.15) is 0 Å². The summed E-state index contributed by atoms with van der Waals surface area (Å²) in [5, 5.41) is 12.5. The number of hydrogen-bond donors (Lipinski definition) is 2. The molecule has 0 aliphatic carbocycles. The Labute approximate surface area is 94.6 Å². The summed E-state index contributed by atoms with van der Waals surface area (Å²) in [6, 6.07) is 1.42. The van der Waals surface area contributed by atoms with Gasteiger partial charge in [-0.2, -0.15) is 0 Å². The highest BCUT2D eigenvalue weighted by Crippen LogP contribution is 2.44. The van der Waals surface area contributed by atoms with E-state index in [2.05, 4.69) is 5.32 Å². The molecule has 0 spiro atoms. The second kappa shape index (κ2) is 3.28. The third-order valence-corrected chi connectivity index (χ3v) is 3.08. The Hall–Kier alpha value is -0.480. The largest absolute Gasteiger partial charge is 0.378 e. The van der Waals surface area contributed by atoms with Gasteiger partial charge in [0, 0.05) is 5.56 Å². The van der Waals surface area contributed by atoms with Crippen molar-refractivity contribution in [2.45, 2.75) is 6.10 Å². The zero-order valence-corrected chi connectivity index (χ0v) is 8.91. The van der Waals surface area contributed by atoms with Gasteiger partial charge >= 0.3 is 0 Å². The van der Waals surface area contributed by atoms with Gasteiger partial charge in [0.15, 0.2) is 6.10 Å². The van der Waals surface area contributed by atoms with Gasteiger partial charge in [-0.1, -0.05) is 34.8 Å². The smallest absolute Gasteiger partial charge is 0.258 e. The van der Waals surface area contributed by atoms with Crippen LogP contribution in [0.5, 0.6) is 0 Å². The number of carbonyl (C=O) groups excluding carboxylic acids is 1. The minimum atomic E-state index is -1.30. The van der Waals surface area contributed by atoms with Crippen LogP contribution in [0.15, 0.2) is 6.07 Å². The highest BCUT2D eigenvalue weighted by molar-refractivity contribution is 6.45. The lowest BCUT2D eigenvalue weighted by Crippen LogP contribution is -2.10. The highest BCUT2D eigenvalue weighted by Gasteiger charge is 2.33. The molecule has 1 aromatic carbocycles. The van der Waals surface area contributed by atoms with E-state index in [9.17, 15) is 9.90 Å². The molecule has 0 aromatic heterocycles. The first-order valence-corrected chi connectivity index (χ1v) is 4.82. The van der Waals surface area contributed by atoms with Crippen molar-refractivity contribution in [1.82, 2.24) is 0 Å². The Morgan fingerprint density at radius 2 is 1.93 bits per heavy atom. The first-order chi connectivity index (χ1) is 6.52. The number of halogens is 3. The second-order valence-corrected chi connectivity index (χ2v) is 4.03. The van der Waals surface area contributed by atoms with Crippen LogP contribution in [0, 0.1) is 0 Å². The first kappa shape index (κ1) is 10.1. The Balaban J connectivity index is 2.73. The molecule has 3 nitrogen and oxygen atoms in total. The third-order valence-electron chi connectivity index (χ3n) is 1.98. The molecule has 0 saturated heterocycles. The maximum atomic E-state index is 11.1. The van der Waals surface area contributed by atoms with Crippen LogP contribution < -0.4 is 5.32 Å². The molecule has 1 heterocycles. The minimum absolute atomic E-state index is 0.150. The number of rotatable bonds is 0. The molecular weight excluding hydrogens is 248 g/mol. The maximum absolute atomic E-state index is 11.1. The lowest BCUT2D eigenvalue weighted by molar-refractivity contribution is -0.123. The fraction of sp³-hybridized carbons (Fsp3) is 0.125. The van der Waals surface area contributed by atoms with Gasteiger partial charge in [-0.15, -0.1) is 0 Å². The van der Waals surface area contributed by atoms with Crippen LogP contribution in [-0.2, 0) is 4.79 Å². The van der Waals surface area contributed by atoms with Crippen LogP contribution in [0.2, 0.25) is 15.1 Å². The van der Waals surface area contributed by atoms with E-state index in [1.54, 1.807) is 0 Å². The summed E-state index contributed by atoms with van der Waals surface area (Å²) in [7, 11) is 0. The van der Waals surface area contributed by atoms with Crippen molar-refractivity contribution in [2.75, 3.05) is 5.32 Å². The number of amides is 1. The first-order valence-electron chi connectivity index (χ1n) is 3.68. The molecule has 0 radical (unpaired) electrons. The number of nitrogens with one attached hydrogen (secondary N) is 1. The van der Waals surface area contributed by atoms with Crippen molar-refractivity contribution < 1.29 is 9.90 Å². The Morgan fingerprint density at radius 1 is 1.29 bits per heavy atom. The Kier molecular flexibility index (Phi) is 2.35. The van der Waals surface area contributed by atoms with Crippen molar-refractivity contribution in [3.63, 3.8) is 0 Å². The SMILES string of the molecule is O=C1Nc2c(Cl)cc(Cl)c(Cl)c2C1O.